The summed E-state index contributed by atoms with van der Waals surface area (Å²) >= 11 is 0. The molecule has 0 bridgehead atoms. The molecule has 1 aliphatic heterocycles. The number of rotatable bonds is 3. The van der Waals surface area contributed by atoms with Crippen LogP contribution in [0, 0.1) is 11.8 Å². The fourth-order valence-electron chi connectivity index (χ4n) is 2.37. The number of likely N-dealkylation sites (tertiary alicyclic amines) is 1. The van der Waals surface area contributed by atoms with Gasteiger partial charge in [0.05, 0.1) is 12.5 Å². The van der Waals surface area contributed by atoms with Crippen LogP contribution in [-0.4, -0.2) is 48.4 Å². The van der Waals surface area contributed by atoms with E-state index in [2.05, 4.69) is 0 Å². The molecule has 22 heavy (non-hydrogen) atoms. The third-order valence-electron chi connectivity index (χ3n) is 3.18. The molecule has 5 nitrogen and oxygen atoms in total. The molecule has 1 fully saturated rings. The molecule has 1 amide bonds. The molecular formula is C14H22F3NO4. The van der Waals surface area contributed by atoms with E-state index in [0.29, 0.717) is 0 Å². The van der Waals surface area contributed by atoms with Crippen LogP contribution in [0.5, 0.6) is 0 Å². The smallest absolute Gasteiger partial charge is 0.410 e. The van der Waals surface area contributed by atoms with Gasteiger partial charge in [-0.05, 0) is 27.7 Å². The summed E-state index contributed by atoms with van der Waals surface area (Å²) < 4.78 is 47.9. The number of hydrogen-bond acceptors (Lipinski definition) is 4. The van der Waals surface area contributed by atoms with E-state index in [1.165, 1.54) is 0 Å². The second-order valence-corrected chi connectivity index (χ2v) is 6.32. The van der Waals surface area contributed by atoms with E-state index < -0.39 is 42.1 Å². The van der Waals surface area contributed by atoms with Gasteiger partial charge >= 0.3 is 18.2 Å². The molecule has 2 atom stereocenters. The molecule has 0 aromatic rings. The minimum atomic E-state index is -4.40. The number of ether oxygens (including phenoxy) is 2. The Morgan fingerprint density at radius 1 is 1.18 bits per heavy atom. The molecule has 2 unspecified atom stereocenters. The molecule has 0 aliphatic carbocycles. The van der Waals surface area contributed by atoms with Gasteiger partial charge in [0.1, 0.15) is 5.60 Å². The van der Waals surface area contributed by atoms with E-state index in [9.17, 15) is 22.8 Å². The SMILES string of the molecule is CCOC(=O)C1CN(C(=O)OC(C)(C)C)CC1CC(F)(F)F. The number of esters is 1. The van der Waals surface area contributed by atoms with Crippen molar-refractivity contribution in [3.8, 4) is 0 Å². The molecular weight excluding hydrogens is 303 g/mol. The van der Waals surface area contributed by atoms with Crippen LogP contribution in [0.3, 0.4) is 0 Å². The fourth-order valence-corrected chi connectivity index (χ4v) is 2.37. The summed E-state index contributed by atoms with van der Waals surface area (Å²) in [5.41, 5.74) is -0.751. The Labute approximate surface area is 127 Å². The van der Waals surface area contributed by atoms with Crippen molar-refractivity contribution in [1.82, 2.24) is 4.90 Å². The van der Waals surface area contributed by atoms with Gasteiger partial charge in [-0.25, -0.2) is 4.79 Å². The van der Waals surface area contributed by atoms with Crippen molar-refractivity contribution in [2.24, 2.45) is 11.8 Å². The maximum atomic E-state index is 12.6. The van der Waals surface area contributed by atoms with Gasteiger partial charge in [0.25, 0.3) is 0 Å². The highest BCUT2D eigenvalue weighted by Crippen LogP contribution is 2.35. The van der Waals surface area contributed by atoms with Gasteiger partial charge in [-0.2, -0.15) is 13.2 Å². The lowest BCUT2D eigenvalue weighted by Gasteiger charge is -2.24. The summed E-state index contributed by atoms with van der Waals surface area (Å²) in [4.78, 5) is 24.9. The first-order valence-electron chi connectivity index (χ1n) is 7.14. The molecule has 1 aliphatic rings. The number of nitrogens with zero attached hydrogens (tertiary/aromatic N) is 1. The van der Waals surface area contributed by atoms with Crippen molar-refractivity contribution >= 4 is 12.1 Å². The predicted molar refractivity (Wildman–Crippen MR) is 72.1 cm³/mol. The number of halogens is 3. The number of carbonyl (C=O) groups excluding carboxylic acids is 2. The molecule has 128 valence electrons. The summed E-state index contributed by atoms with van der Waals surface area (Å²) in [5.74, 6) is -2.69. The topological polar surface area (TPSA) is 55.8 Å². The van der Waals surface area contributed by atoms with Crippen molar-refractivity contribution in [2.75, 3.05) is 19.7 Å². The third-order valence-corrected chi connectivity index (χ3v) is 3.18. The number of alkyl halides is 3. The van der Waals surface area contributed by atoms with Gasteiger partial charge in [0.2, 0.25) is 0 Å². The van der Waals surface area contributed by atoms with E-state index in [0.717, 1.165) is 4.90 Å². The first-order chi connectivity index (χ1) is 9.93. The van der Waals surface area contributed by atoms with Crippen molar-refractivity contribution in [1.29, 1.82) is 0 Å². The van der Waals surface area contributed by atoms with E-state index >= 15 is 0 Å². The second-order valence-electron chi connectivity index (χ2n) is 6.32. The van der Waals surface area contributed by atoms with Crippen molar-refractivity contribution in [3.05, 3.63) is 0 Å². The zero-order valence-corrected chi connectivity index (χ0v) is 13.2. The van der Waals surface area contributed by atoms with E-state index in [4.69, 9.17) is 9.47 Å². The van der Waals surface area contributed by atoms with Crippen molar-refractivity contribution in [3.63, 3.8) is 0 Å². The molecule has 0 saturated carbocycles. The minimum absolute atomic E-state index is 0.0838. The van der Waals surface area contributed by atoms with Gasteiger partial charge < -0.3 is 14.4 Å². The maximum absolute atomic E-state index is 12.6. The normalized spacial score (nSPS) is 22.6. The first kappa shape index (κ1) is 18.6. The molecule has 0 N–H and O–H groups in total. The maximum Gasteiger partial charge on any atom is 0.410 e. The average Bonchev–Trinajstić information content (AvgIpc) is 2.68. The van der Waals surface area contributed by atoms with Crippen LogP contribution >= 0.6 is 0 Å². The lowest BCUT2D eigenvalue weighted by atomic mass is 9.93. The summed E-state index contributed by atoms with van der Waals surface area (Å²) in [5, 5.41) is 0. The van der Waals surface area contributed by atoms with Crippen molar-refractivity contribution in [2.45, 2.75) is 45.9 Å². The molecule has 0 aromatic carbocycles. The van der Waals surface area contributed by atoms with Gasteiger partial charge in [-0.15, -0.1) is 0 Å². The Hall–Kier alpha value is -1.47. The fraction of sp³-hybridized carbons (Fsp3) is 0.857. The van der Waals surface area contributed by atoms with Gasteiger partial charge in [0.15, 0.2) is 0 Å². The number of carbonyl (C=O) groups is 2. The van der Waals surface area contributed by atoms with E-state index in [1.807, 2.05) is 0 Å². The monoisotopic (exact) mass is 325 g/mol. The molecule has 0 aromatic heterocycles. The Morgan fingerprint density at radius 2 is 1.77 bits per heavy atom. The molecule has 1 heterocycles. The van der Waals surface area contributed by atoms with Crippen LogP contribution in [0.4, 0.5) is 18.0 Å². The average molecular weight is 325 g/mol. The molecule has 0 radical (unpaired) electrons. The van der Waals surface area contributed by atoms with Crippen LogP contribution in [-0.2, 0) is 14.3 Å². The van der Waals surface area contributed by atoms with Crippen LogP contribution in [0.1, 0.15) is 34.1 Å². The summed E-state index contributed by atoms with van der Waals surface area (Å²) in [6.45, 7) is 6.37. The highest BCUT2D eigenvalue weighted by atomic mass is 19.4. The predicted octanol–water partition coefficient (Wildman–Crippen LogP) is 2.99. The Morgan fingerprint density at radius 3 is 2.23 bits per heavy atom. The second kappa shape index (κ2) is 6.75. The highest BCUT2D eigenvalue weighted by molar-refractivity contribution is 5.76. The minimum Gasteiger partial charge on any atom is -0.466 e. The number of amides is 1. The zero-order chi connectivity index (χ0) is 17.1. The lowest BCUT2D eigenvalue weighted by Crippen LogP contribution is -2.36. The van der Waals surface area contributed by atoms with E-state index in [-0.39, 0.29) is 19.7 Å². The summed E-state index contributed by atoms with van der Waals surface area (Å²) in [7, 11) is 0. The molecule has 1 rings (SSSR count). The Kier molecular flexibility index (Phi) is 5.70. The summed E-state index contributed by atoms with van der Waals surface area (Å²) in [6, 6.07) is 0. The van der Waals surface area contributed by atoms with E-state index in [1.54, 1.807) is 27.7 Å². The van der Waals surface area contributed by atoms with Gasteiger partial charge in [-0.1, -0.05) is 0 Å². The van der Waals surface area contributed by atoms with Crippen LogP contribution in [0.15, 0.2) is 0 Å². The van der Waals surface area contributed by atoms with Gasteiger partial charge in [0, 0.05) is 25.4 Å². The number of hydrogen-bond donors (Lipinski definition) is 0. The quantitative estimate of drug-likeness (QED) is 0.749. The Bertz CT molecular complexity index is 417. The van der Waals surface area contributed by atoms with Crippen LogP contribution in [0.2, 0.25) is 0 Å². The lowest BCUT2D eigenvalue weighted by molar-refractivity contribution is -0.158. The molecule has 8 heteroatoms. The Balaban J connectivity index is 2.81. The third kappa shape index (κ3) is 5.73. The summed E-state index contributed by atoms with van der Waals surface area (Å²) in [6.07, 6.45) is -6.25. The molecule has 1 saturated heterocycles. The van der Waals surface area contributed by atoms with Crippen molar-refractivity contribution < 1.29 is 32.2 Å². The van der Waals surface area contributed by atoms with Gasteiger partial charge in [-0.3, -0.25) is 4.79 Å². The zero-order valence-electron chi connectivity index (χ0n) is 13.2. The largest absolute Gasteiger partial charge is 0.466 e. The first-order valence-corrected chi connectivity index (χ1v) is 7.14. The standard InChI is InChI=1S/C14H22F3NO4/c1-5-21-11(19)10-8-18(12(20)22-13(2,3)4)7-9(10)6-14(15,16)17/h9-10H,5-8H2,1-4H3. The molecule has 0 spiro atoms. The highest BCUT2D eigenvalue weighted by Gasteiger charge is 2.46. The van der Waals surface area contributed by atoms with Crippen LogP contribution < -0.4 is 0 Å². The van der Waals surface area contributed by atoms with Crippen LogP contribution in [0.25, 0.3) is 0 Å².